The molecule has 0 aromatic carbocycles. The Bertz CT molecular complexity index is 494. The zero-order valence-corrected chi connectivity index (χ0v) is 14.1. The SMILES string of the molecule is CC1(C)[C@@H]2CC[C@]1(C)C=C2C1=C[C@@]2(C)CC[C@@H]1C2(C)C. The van der Waals surface area contributed by atoms with E-state index in [1.807, 2.05) is 0 Å². The molecule has 0 aromatic heterocycles. The first-order valence-electron chi connectivity index (χ1n) is 8.58. The van der Waals surface area contributed by atoms with Crippen molar-refractivity contribution in [2.24, 2.45) is 33.5 Å². The molecule has 0 aliphatic heterocycles. The van der Waals surface area contributed by atoms with Crippen LogP contribution in [-0.4, -0.2) is 0 Å². The fourth-order valence-corrected chi connectivity index (χ4v) is 6.11. The third kappa shape index (κ3) is 1.18. The van der Waals surface area contributed by atoms with Crippen LogP contribution in [0.3, 0.4) is 0 Å². The van der Waals surface area contributed by atoms with Crippen molar-refractivity contribution in [1.29, 1.82) is 0 Å². The van der Waals surface area contributed by atoms with Crippen LogP contribution >= 0.6 is 0 Å². The van der Waals surface area contributed by atoms with Gasteiger partial charge in [0, 0.05) is 0 Å². The minimum Gasteiger partial charge on any atom is -0.0742 e. The summed E-state index contributed by atoms with van der Waals surface area (Å²) in [7, 11) is 0. The van der Waals surface area contributed by atoms with Gasteiger partial charge in [-0.1, -0.05) is 53.7 Å². The first-order valence-corrected chi connectivity index (χ1v) is 8.58. The van der Waals surface area contributed by atoms with Crippen molar-refractivity contribution < 1.29 is 0 Å². The molecule has 2 saturated carbocycles. The van der Waals surface area contributed by atoms with Gasteiger partial charge in [-0.05, 0) is 70.3 Å². The maximum absolute atomic E-state index is 2.69. The van der Waals surface area contributed by atoms with Gasteiger partial charge in [0.05, 0.1) is 0 Å². The van der Waals surface area contributed by atoms with Gasteiger partial charge in [0.1, 0.15) is 0 Å². The highest BCUT2D eigenvalue weighted by Gasteiger charge is 2.61. The zero-order chi connectivity index (χ0) is 14.6. The van der Waals surface area contributed by atoms with Crippen LogP contribution in [0.2, 0.25) is 0 Å². The van der Waals surface area contributed by atoms with Gasteiger partial charge >= 0.3 is 0 Å². The average Bonchev–Trinajstić information content (AvgIpc) is 2.87. The van der Waals surface area contributed by atoms with Gasteiger partial charge in [0.25, 0.3) is 0 Å². The maximum atomic E-state index is 2.69. The monoisotopic (exact) mass is 270 g/mol. The summed E-state index contributed by atoms with van der Waals surface area (Å²) < 4.78 is 0. The summed E-state index contributed by atoms with van der Waals surface area (Å²) in [5, 5.41) is 0. The Labute approximate surface area is 124 Å². The summed E-state index contributed by atoms with van der Waals surface area (Å²) in [4.78, 5) is 0. The van der Waals surface area contributed by atoms with Gasteiger partial charge in [-0.15, -0.1) is 0 Å². The molecule has 0 unspecified atom stereocenters. The summed E-state index contributed by atoms with van der Waals surface area (Å²) in [6.07, 6.45) is 11.0. The Balaban J connectivity index is 1.80. The van der Waals surface area contributed by atoms with Crippen LogP contribution in [0.5, 0.6) is 0 Å². The molecule has 2 fully saturated rings. The molecule has 4 aliphatic rings. The first kappa shape index (κ1) is 13.2. The van der Waals surface area contributed by atoms with Crippen LogP contribution < -0.4 is 0 Å². The molecule has 4 aliphatic carbocycles. The number of hydrogen-bond acceptors (Lipinski definition) is 0. The molecule has 4 rings (SSSR count). The smallest absolute Gasteiger partial charge is 0.00833 e. The molecule has 0 spiro atoms. The van der Waals surface area contributed by atoms with E-state index in [1.165, 1.54) is 25.7 Å². The molecule has 0 nitrogen and oxygen atoms in total. The van der Waals surface area contributed by atoms with Crippen molar-refractivity contribution in [3.8, 4) is 0 Å². The fraction of sp³-hybridized carbons (Fsp3) is 0.800. The van der Waals surface area contributed by atoms with E-state index in [0.29, 0.717) is 21.7 Å². The Kier molecular flexibility index (Phi) is 2.16. The van der Waals surface area contributed by atoms with Gasteiger partial charge in [-0.25, -0.2) is 0 Å². The minimum absolute atomic E-state index is 0.445. The summed E-state index contributed by atoms with van der Waals surface area (Å²) in [6, 6.07) is 0. The number of hydrogen-bond donors (Lipinski definition) is 0. The minimum atomic E-state index is 0.445. The van der Waals surface area contributed by atoms with E-state index >= 15 is 0 Å². The molecule has 0 heteroatoms. The lowest BCUT2D eigenvalue weighted by Gasteiger charge is -2.35. The number of rotatable bonds is 1. The summed E-state index contributed by atoms with van der Waals surface area (Å²) in [5.74, 6) is 1.63. The van der Waals surface area contributed by atoms with Gasteiger partial charge in [0.15, 0.2) is 0 Å². The molecule has 20 heavy (non-hydrogen) atoms. The maximum Gasteiger partial charge on any atom is -0.00833 e. The fourth-order valence-electron chi connectivity index (χ4n) is 6.11. The van der Waals surface area contributed by atoms with Crippen LogP contribution in [0.1, 0.15) is 67.2 Å². The predicted octanol–water partition coefficient (Wildman–Crippen LogP) is 5.75. The number of allylic oxidation sites excluding steroid dienone is 4. The molecule has 0 heterocycles. The average molecular weight is 270 g/mol. The quantitative estimate of drug-likeness (QED) is 0.569. The molecule has 0 amide bonds. The van der Waals surface area contributed by atoms with Crippen LogP contribution in [0, 0.1) is 33.5 Å². The van der Waals surface area contributed by atoms with E-state index in [9.17, 15) is 0 Å². The molecular weight excluding hydrogens is 240 g/mol. The standard InChI is InChI=1S/C20H30/c1-17(2)15-7-9-19(17,5)11-13(15)14-12-20(6)10-8-16(14)18(20,3)4/h11-12,15-16H,7-10H2,1-6H3/t15-,16+,19-,20-/m1/s1. The summed E-state index contributed by atoms with van der Waals surface area (Å²) in [5.41, 5.74) is 5.34. The lowest BCUT2D eigenvalue weighted by Crippen LogP contribution is -2.28. The normalized spacial score (nSPS) is 50.5. The lowest BCUT2D eigenvalue weighted by atomic mass is 9.69. The van der Waals surface area contributed by atoms with E-state index in [0.717, 1.165) is 11.8 Å². The lowest BCUT2D eigenvalue weighted by molar-refractivity contribution is 0.174. The van der Waals surface area contributed by atoms with Crippen LogP contribution in [0.4, 0.5) is 0 Å². The van der Waals surface area contributed by atoms with Crippen LogP contribution in [0.15, 0.2) is 23.3 Å². The summed E-state index contributed by atoms with van der Waals surface area (Å²) >= 11 is 0. The van der Waals surface area contributed by atoms with Gasteiger partial charge in [-0.2, -0.15) is 0 Å². The third-order valence-electron chi connectivity index (χ3n) is 8.62. The van der Waals surface area contributed by atoms with Gasteiger partial charge < -0.3 is 0 Å². The van der Waals surface area contributed by atoms with Crippen molar-refractivity contribution in [3.05, 3.63) is 23.3 Å². The second-order valence-corrected chi connectivity index (χ2v) is 9.66. The van der Waals surface area contributed by atoms with Crippen molar-refractivity contribution in [2.45, 2.75) is 67.2 Å². The van der Waals surface area contributed by atoms with Gasteiger partial charge in [-0.3, -0.25) is 0 Å². The molecule has 0 aromatic rings. The molecule has 4 bridgehead atoms. The van der Waals surface area contributed by atoms with E-state index in [1.54, 1.807) is 11.1 Å². The Morgan fingerprint density at radius 2 is 1.05 bits per heavy atom. The van der Waals surface area contributed by atoms with Crippen molar-refractivity contribution in [1.82, 2.24) is 0 Å². The second kappa shape index (κ2) is 3.28. The highest BCUT2D eigenvalue weighted by molar-refractivity contribution is 5.50. The second-order valence-electron chi connectivity index (χ2n) is 9.66. The van der Waals surface area contributed by atoms with Crippen molar-refractivity contribution in [2.75, 3.05) is 0 Å². The van der Waals surface area contributed by atoms with Gasteiger partial charge in [0.2, 0.25) is 0 Å². The third-order valence-corrected chi connectivity index (χ3v) is 8.62. The highest BCUT2D eigenvalue weighted by Crippen LogP contribution is 2.71. The van der Waals surface area contributed by atoms with E-state index in [4.69, 9.17) is 0 Å². The van der Waals surface area contributed by atoms with E-state index in [-0.39, 0.29) is 0 Å². The molecule has 4 atom stereocenters. The Hall–Kier alpha value is -0.520. The largest absolute Gasteiger partial charge is 0.0742 e. The van der Waals surface area contributed by atoms with E-state index in [2.05, 4.69) is 53.7 Å². The van der Waals surface area contributed by atoms with Crippen molar-refractivity contribution >= 4 is 0 Å². The predicted molar refractivity (Wildman–Crippen MR) is 85.4 cm³/mol. The molecule has 110 valence electrons. The molecular formula is C20H30. The molecule has 0 saturated heterocycles. The highest BCUT2D eigenvalue weighted by atomic mass is 14.7. The van der Waals surface area contributed by atoms with Crippen LogP contribution in [0.25, 0.3) is 0 Å². The summed E-state index contributed by atoms with van der Waals surface area (Å²) in [6.45, 7) is 15.0. The molecule has 0 N–H and O–H groups in total. The van der Waals surface area contributed by atoms with Crippen molar-refractivity contribution in [3.63, 3.8) is 0 Å². The zero-order valence-electron chi connectivity index (χ0n) is 14.1. The Morgan fingerprint density at radius 1 is 0.700 bits per heavy atom. The number of fused-ring (bicyclic) bond motifs is 4. The van der Waals surface area contributed by atoms with E-state index < -0.39 is 0 Å². The Morgan fingerprint density at radius 3 is 1.25 bits per heavy atom. The molecule has 0 radical (unpaired) electrons. The topological polar surface area (TPSA) is 0 Å². The first-order chi connectivity index (χ1) is 9.12. The van der Waals surface area contributed by atoms with Crippen LogP contribution in [-0.2, 0) is 0 Å².